The number of oxazole rings is 1. The van der Waals surface area contributed by atoms with Crippen LogP contribution in [0.25, 0.3) is 11.1 Å². The van der Waals surface area contributed by atoms with Gasteiger partial charge in [-0.2, -0.15) is 0 Å². The van der Waals surface area contributed by atoms with E-state index in [1.54, 1.807) is 0 Å². The summed E-state index contributed by atoms with van der Waals surface area (Å²) in [5.74, 6) is 0.955. The molecule has 0 bridgehead atoms. The van der Waals surface area contributed by atoms with Gasteiger partial charge in [0.1, 0.15) is 5.52 Å². The Morgan fingerprint density at radius 2 is 2.17 bits per heavy atom. The highest BCUT2D eigenvalue weighted by Gasteiger charge is 2.22. The minimum Gasteiger partial charge on any atom is -0.441 e. The van der Waals surface area contributed by atoms with Crippen LogP contribution < -0.4 is 5.32 Å². The molecule has 0 spiro atoms. The molecule has 1 aromatic heterocycles. The largest absolute Gasteiger partial charge is 0.441 e. The molecule has 0 unspecified atom stereocenters. The van der Waals surface area contributed by atoms with E-state index in [9.17, 15) is 4.79 Å². The maximum absolute atomic E-state index is 12.0. The van der Waals surface area contributed by atoms with Crippen LogP contribution in [0.15, 0.2) is 22.6 Å². The second-order valence-electron chi connectivity index (χ2n) is 4.89. The number of carbonyl (C=O) groups is 1. The van der Waals surface area contributed by atoms with Crippen molar-refractivity contribution < 1.29 is 9.21 Å². The molecule has 1 aliphatic rings. The topological polar surface area (TPSA) is 55.1 Å². The Balaban J connectivity index is 1.79. The van der Waals surface area contributed by atoms with E-state index >= 15 is 0 Å². The summed E-state index contributed by atoms with van der Waals surface area (Å²) in [7, 11) is 0. The van der Waals surface area contributed by atoms with Crippen LogP contribution in [0.5, 0.6) is 0 Å². The predicted octanol–water partition coefficient (Wildman–Crippen LogP) is 3.26. The lowest BCUT2D eigenvalue weighted by molar-refractivity contribution is -0.119. The second kappa shape index (κ2) is 4.44. The third-order valence-corrected chi connectivity index (χ3v) is 3.49. The Labute approximate surface area is 105 Å². The van der Waals surface area contributed by atoms with Crippen LogP contribution in [0.4, 0.5) is 5.69 Å². The number of hydrogen-bond acceptors (Lipinski definition) is 3. The van der Waals surface area contributed by atoms with Crippen LogP contribution in [0.1, 0.15) is 31.6 Å². The van der Waals surface area contributed by atoms with E-state index < -0.39 is 0 Å². The number of fused-ring (bicyclic) bond motifs is 1. The van der Waals surface area contributed by atoms with E-state index in [4.69, 9.17) is 4.42 Å². The second-order valence-corrected chi connectivity index (χ2v) is 4.89. The third kappa shape index (κ3) is 2.10. The van der Waals surface area contributed by atoms with Gasteiger partial charge in [-0.15, -0.1) is 0 Å². The zero-order chi connectivity index (χ0) is 12.5. The molecule has 1 saturated carbocycles. The maximum atomic E-state index is 12.0. The van der Waals surface area contributed by atoms with E-state index in [2.05, 4.69) is 10.3 Å². The molecule has 0 atom stereocenters. The van der Waals surface area contributed by atoms with Crippen LogP contribution in [0.2, 0.25) is 0 Å². The average Bonchev–Trinajstić information content (AvgIpc) is 2.95. The lowest BCUT2D eigenvalue weighted by Crippen LogP contribution is -2.20. The molecule has 2 aromatic rings. The molecule has 94 valence electrons. The van der Waals surface area contributed by atoms with Crippen molar-refractivity contribution in [1.82, 2.24) is 4.98 Å². The number of nitrogens with zero attached hydrogens (tertiary/aromatic N) is 1. The molecule has 1 N–H and O–H groups in total. The monoisotopic (exact) mass is 244 g/mol. The first-order valence-electron chi connectivity index (χ1n) is 6.40. The highest BCUT2D eigenvalue weighted by atomic mass is 16.3. The Bertz CT molecular complexity index is 582. The smallest absolute Gasteiger partial charge is 0.227 e. The molecule has 4 nitrogen and oxygen atoms in total. The summed E-state index contributed by atoms with van der Waals surface area (Å²) < 4.78 is 5.40. The van der Waals surface area contributed by atoms with Crippen LogP contribution in [-0.2, 0) is 4.79 Å². The van der Waals surface area contributed by atoms with Gasteiger partial charge in [0, 0.05) is 18.5 Å². The van der Waals surface area contributed by atoms with E-state index in [1.165, 1.54) is 12.8 Å². The van der Waals surface area contributed by atoms with Crippen molar-refractivity contribution in [2.24, 2.45) is 5.92 Å². The van der Waals surface area contributed by atoms with Gasteiger partial charge >= 0.3 is 0 Å². The van der Waals surface area contributed by atoms with Gasteiger partial charge in [-0.05, 0) is 31.0 Å². The minimum absolute atomic E-state index is 0.132. The van der Waals surface area contributed by atoms with E-state index in [0.29, 0.717) is 5.89 Å². The Hall–Kier alpha value is -1.84. The first-order valence-corrected chi connectivity index (χ1v) is 6.40. The van der Waals surface area contributed by atoms with Gasteiger partial charge in [-0.1, -0.05) is 12.8 Å². The Kier molecular flexibility index (Phi) is 2.78. The highest BCUT2D eigenvalue weighted by molar-refractivity contribution is 5.94. The van der Waals surface area contributed by atoms with Crippen LogP contribution >= 0.6 is 0 Å². The molecule has 1 aliphatic carbocycles. The van der Waals surface area contributed by atoms with Gasteiger partial charge in [0.05, 0.1) is 0 Å². The van der Waals surface area contributed by atoms with Crippen LogP contribution in [0.3, 0.4) is 0 Å². The SMILES string of the molecule is Cc1nc2cc(NC(=O)C3CCCC3)ccc2o1. The fourth-order valence-electron chi connectivity index (χ4n) is 2.55. The van der Waals surface area contributed by atoms with Crippen molar-refractivity contribution >= 4 is 22.7 Å². The molecule has 0 saturated heterocycles. The van der Waals surface area contributed by atoms with Gasteiger partial charge < -0.3 is 9.73 Å². The number of amides is 1. The number of hydrogen-bond donors (Lipinski definition) is 1. The van der Waals surface area contributed by atoms with Crippen molar-refractivity contribution in [1.29, 1.82) is 0 Å². The molecular formula is C14H16N2O2. The Morgan fingerprint density at radius 3 is 2.94 bits per heavy atom. The molecular weight excluding hydrogens is 228 g/mol. The lowest BCUT2D eigenvalue weighted by atomic mass is 10.1. The first kappa shape index (κ1) is 11.3. The van der Waals surface area contributed by atoms with Crippen LogP contribution in [0, 0.1) is 12.8 Å². The van der Waals surface area contributed by atoms with Crippen molar-refractivity contribution in [2.75, 3.05) is 5.32 Å². The number of anilines is 1. The molecule has 1 heterocycles. The lowest BCUT2D eigenvalue weighted by Gasteiger charge is -2.09. The minimum atomic E-state index is 0.132. The van der Waals surface area contributed by atoms with E-state index in [1.807, 2.05) is 25.1 Å². The van der Waals surface area contributed by atoms with Crippen molar-refractivity contribution in [2.45, 2.75) is 32.6 Å². The summed E-state index contributed by atoms with van der Waals surface area (Å²) in [6, 6.07) is 5.57. The summed E-state index contributed by atoms with van der Waals surface area (Å²) in [5.41, 5.74) is 2.34. The fourth-order valence-corrected chi connectivity index (χ4v) is 2.55. The summed E-state index contributed by atoms with van der Waals surface area (Å²) >= 11 is 0. The average molecular weight is 244 g/mol. The summed E-state index contributed by atoms with van der Waals surface area (Å²) in [5, 5.41) is 2.96. The number of aromatic nitrogens is 1. The number of carbonyl (C=O) groups excluding carboxylic acids is 1. The molecule has 1 aromatic carbocycles. The normalized spacial score (nSPS) is 16.3. The molecule has 3 rings (SSSR count). The van der Waals surface area contributed by atoms with Gasteiger partial charge in [0.2, 0.25) is 5.91 Å². The third-order valence-electron chi connectivity index (χ3n) is 3.49. The van der Waals surface area contributed by atoms with Crippen molar-refractivity contribution in [3.63, 3.8) is 0 Å². The fraction of sp³-hybridized carbons (Fsp3) is 0.429. The highest BCUT2D eigenvalue weighted by Crippen LogP contribution is 2.26. The molecule has 4 heteroatoms. The van der Waals surface area contributed by atoms with Gasteiger partial charge in [0.15, 0.2) is 11.5 Å². The maximum Gasteiger partial charge on any atom is 0.227 e. The zero-order valence-electron chi connectivity index (χ0n) is 10.4. The molecule has 0 aliphatic heterocycles. The number of aryl methyl sites for hydroxylation is 1. The van der Waals surface area contributed by atoms with Gasteiger partial charge in [-0.3, -0.25) is 4.79 Å². The van der Waals surface area contributed by atoms with E-state index in [0.717, 1.165) is 29.6 Å². The molecule has 0 radical (unpaired) electrons. The quantitative estimate of drug-likeness (QED) is 0.882. The van der Waals surface area contributed by atoms with E-state index in [-0.39, 0.29) is 11.8 Å². The van der Waals surface area contributed by atoms with Crippen molar-refractivity contribution in [3.8, 4) is 0 Å². The standard InChI is InChI=1S/C14H16N2O2/c1-9-15-12-8-11(6-7-13(12)18-9)16-14(17)10-4-2-3-5-10/h6-8,10H,2-5H2,1H3,(H,16,17). The van der Waals surface area contributed by atoms with Gasteiger partial charge in [-0.25, -0.2) is 4.98 Å². The first-order chi connectivity index (χ1) is 8.72. The molecule has 1 amide bonds. The zero-order valence-corrected chi connectivity index (χ0v) is 10.4. The molecule has 1 fully saturated rings. The Morgan fingerprint density at radius 1 is 1.39 bits per heavy atom. The summed E-state index contributed by atoms with van der Waals surface area (Å²) in [4.78, 5) is 16.3. The summed E-state index contributed by atoms with van der Waals surface area (Å²) in [6.07, 6.45) is 4.35. The molecule has 18 heavy (non-hydrogen) atoms. The number of nitrogens with one attached hydrogen (secondary N) is 1. The van der Waals surface area contributed by atoms with Crippen molar-refractivity contribution in [3.05, 3.63) is 24.1 Å². The predicted molar refractivity (Wildman–Crippen MR) is 69.3 cm³/mol. The number of benzene rings is 1. The summed E-state index contributed by atoms with van der Waals surface area (Å²) in [6.45, 7) is 1.82. The van der Waals surface area contributed by atoms with Gasteiger partial charge in [0.25, 0.3) is 0 Å². The number of rotatable bonds is 2. The van der Waals surface area contributed by atoms with Crippen LogP contribution in [-0.4, -0.2) is 10.9 Å².